The molecule has 1 aliphatic rings. The molecule has 0 aliphatic heterocycles. The number of hydrogen-bond donors (Lipinski definition) is 2. The highest BCUT2D eigenvalue weighted by molar-refractivity contribution is 5.69. The highest BCUT2D eigenvalue weighted by Crippen LogP contribution is 2.21. The van der Waals surface area contributed by atoms with E-state index in [0.29, 0.717) is 6.42 Å². The molecule has 3 heteroatoms. The summed E-state index contributed by atoms with van der Waals surface area (Å²) in [6.07, 6.45) is 6.99. The van der Waals surface area contributed by atoms with Crippen molar-refractivity contribution < 1.29 is 15.0 Å². The quantitative estimate of drug-likeness (QED) is 0.638. The Balaban J connectivity index is 2.50. The Kier molecular flexibility index (Phi) is 3.96. The topological polar surface area (TPSA) is 57.5 Å². The van der Waals surface area contributed by atoms with Gasteiger partial charge in [0.15, 0.2) is 0 Å². The number of aliphatic hydroxyl groups is 1. The van der Waals surface area contributed by atoms with Gasteiger partial charge in [-0.1, -0.05) is 12.2 Å². The Labute approximate surface area is 78.1 Å². The molecule has 0 radical (unpaired) electrons. The molecular formula is C10H16O3. The number of carboxylic acids is 1. The van der Waals surface area contributed by atoms with Crippen molar-refractivity contribution in [3.63, 3.8) is 0 Å². The third-order valence-corrected chi connectivity index (χ3v) is 2.56. The summed E-state index contributed by atoms with van der Waals surface area (Å²) in [5.74, 6) is -0.770. The lowest BCUT2D eigenvalue weighted by molar-refractivity contribution is -0.142. The molecule has 2 N–H and O–H groups in total. The van der Waals surface area contributed by atoms with Gasteiger partial charge in [-0.05, 0) is 31.6 Å². The van der Waals surface area contributed by atoms with Crippen molar-refractivity contribution in [2.45, 2.75) is 25.7 Å². The SMILES string of the molecule is O=C(O)C1CC/C=C\C(CO)CC1. The maximum atomic E-state index is 10.7. The van der Waals surface area contributed by atoms with E-state index in [-0.39, 0.29) is 18.4 Å². The second kappa shape index (κ2) is 5.02. The molecule has 2 unspecified atom stereocenters. The Morgan fingerprint density at radius 1 is 1.38 bits per heavy atom. The summed E-state index contributed by atoms with van der Waals surface area (Å²) in [6.45, 7) is 0.128. The molecular weight excluding hydrogens is 168 g/mol. The number of rotatable bonds is 2. The molecule has 0 aromatic heterocycles. The van der Waals surface area contributed by atoms with Gasteiger partial charge >= 0.3 is 5.97 Å². The van der Waals surface area contributed by atoms with E-state index in [1.54, 1.807) is 0 Å². The number of aliphatic carboxylic acids is 1. The first-order chi connectivity index (χ1) is 6.24. The van der Waals surface area contributed by atoms with Gasteiger partial charge in [0.05, 0.1) is 5.92 Å². The van der Waals surface area contributed by atoms with Crippen LogP contribution in [0.15, 0.2) is 12.2 Å². The van der Waals surface area contributed by atoms with E-state index in [2.05, 4.69) is 0 Å². The molecule has 0 bridgehead atoms. The predicted octanol–water partition coefficient (Wildman–Crippen LogP) is 1.43. The third kappa shape index (κ3) is 3.19. The van der Waals surface area contributed by atoms with Crippen molar-refractivity contribution in [1.82, 2.24) is 0 Å². The molecule has 0 aromatic carbocycles. The van der Waals surface area contributed by atoms with Crippen LogP contribution in [0.25, 0.3) is 0 Å². The Morgan fingerprint density at radius 3 is 2.77 bits per heavy atom. The first-order valence-electron chi connectivity index (χ1n) is 4.74. The van der Waals surface area contributed by atoms with Crippen molar-refractivity contribution in [3.8, 4) is 0 Å². The summed E-state index contributed by atoms with van der Waals surface area (Å²) in [4.78, 5) is 10.7. The van der Waals surface area contributed by atoms with Gasteiger partial charge in [0, 0.05) is 6.61 Å². The molecule has 2 atom stereocenters. The van der Waals surface area contributed by atoms with Gasteiger partial charge in [-0.2, -0.15) is 0 Å². The Bertz CT molecular complexity index is 198. The lowest BCUT2D eigenvalue weighted by atomic mass is 9.90. The molecule has 0 heterocycles. The van der Waals surface area contributed by atoms with Crippen LogP contribution in [0.3, 0.4) is 0 Å². The van der Waals surface area contributed by atoms with Crippen molar-refractivity contribution in [3.05, 3.63) is 12.2 Å². The number of aliphatic hydroxyl groups excluding tert-OH is 1. The van der Waals surface area contributed by atoms with Crippen LogP contribution in [0.5, 0.6) is 0 Å². The maximum absolute atomic E-state index is 10.7. The van der Waals surface area contributed by atoms with Crippen molar-refractivity contribution >= 4 is 5.97 Å². The molecule has 1 rings (SSSR count). The lowest BCUT2D eigenvalue weighted by Crippen LogP contribution is -2.17. The van der Waals surface area contributed by atoms with Crippen LogP contribution in [0, 0.1) is 11.8 Å². The smallest absolute Gasteiger partial charge is 0.306 e. The van der Waals surface area contributed by atoms with E-state index in [1.807, 2.05) is 12.2 Å². The summed E-state index contributed by atoms with van der Waals surface area (Å²) in [5.41, 5.74) is 0. The number of carboxylic acid groups (broad SMARTS) is 1. The molecule has 0 saturated carbocycles. The Hall–Kier alpha value is -0.830. The average Bonchev–Trinajstić information content (AvgIpc) is 2.03. The van der Waals surface area contributed by atoms with Crippen molar-refractivity contribution in [2.24, 2.45) is 11.8 Å². The third-order valence-electron chi connectivity index (χ3n) is 2.56. The fraction of sp³-hybridized carbons (Fsp3) is 0.700. The van der Waals surface area contributed by atoms with Crippen molar-refractivity contribution in [2.75, 3.05) is 6.61 Å². The number of hydrogen-bond acceptors (Lipinski definition) is 2. The van der Waals surface area contributed by atoms with Gasteiger partial charge in [0.2, 0.25) is 0 Å². The fourth-order valence-corrected chi connectivity index (χ4v) is 1.64. The molecule has 13 heavy (non-hydrogen) atoms. The second-order valence-electron chi connectivity index (χ2n) is 3.56. The zero-order chi connectivity index (χ0) is 9.68. The minimum atomic E-state index is -0.702. The van der Waals surface area contributed by atoms with Crippen molar-refractivity contribution in [1.29, 1.82) is 0 Å². The normalized spacial score (nSPS) is 31.8. The molecule has 0 spiro atoms. The van der Waals surface area contributed by atoms with Crippen LogP contribution >= 0.6 is 0 Å². The molecule has 0 fully saturated rings. The standard InChI is InChI=1S/C10H16O3/c11-7-8-3-1-2-4-9(6-5-8)10(12)13/h1,3,8-9,11H,2,4-7H2,(H,12,13)/b3-1-. The number of allylic oxidation sites excluding steroid dienone is 1. The van der Waals surface area contributed by atoms with E-state index in [1.165, 1.54) is 0 Å². The summed E-state index contributed by atoms with van der Waals surface area (Å²) < 4.78 is 0. The van der Waals surface area contributed by atoms with Crippen LogP contribution in [-0.4, -0.2) is 22.8 Å². The minimum absolute atomic E-state index is 0.128. The Morgan fingerprint density at radius 2 is 2.15 bits per heavy atom. The second-order valence-corrected chi connectivity index (χ2v) is 3.56. The van der Waals surface area contributed by atoms with Gasteiger partial charge in [0.25, 0.3) is 0 Å². The lowest BCUT2D eigenvalue weighted by Gasteiger charge is -2.17. The summed E-state index contributed by atoms with van der Waals surface area (Å²) in [6, 6.07) is 0. The summed E-state index contributed by atoms with van der Waals surface area (Å²) in [5, 5.41) is 17.8. The summed E-state index contributed by atoms with van der Waals surface area (Å²) >= 11 is 0. The summed E-state index contributed by atoms with van der Waals surface area (Å²) in [7, 11) is 0. The van der Waals surface area contributed by atoms with E-state index in [9.17, 15) is 4.79 Å². The van der Waals surface area contributed by atoms with E-state index in [0.717, 1.165) is 19.3 Å². The van der Waals surface area contributed by atoms with Gasteiger partial charge < -0.3 is 10.2 Å². The molecule has 1 aliphatic carbocycles. The molecule has 3 nitrogen and oxygen atoms in total. The molecule has 0 saturated heterocycles. The highest BCUT2D eigenvalue weighted by Gasteiger charge is 2.19. The van der Waals surface area contributed by atoms with Gasteiger partial charge in [0.1, 0.15) is 0 Å². The van der Waals surface area contributed by atoms with E-state index >= 15 is 0 Å². The number of carbonyl (C=O) groups is 1. The molecule has 74 valence electrons. The van der Waals surface area contributed by atoms with Crippen LogP contribution < -0.4 is 0 Å². The minimum Gasteiger partial charge on any atom is -0.481 e. The largest absolute Gasteiger partial charge is 0.481 e. The fourth-order valence-electron chi connectivity index (χ4n) is 1.64. The maximum Gasteiger partial charge on any atom is 0.306 e. The van der Waals surface area contributed by atoms with Crippen LogP contribution in [0.4, 0.5) is 0 Å². The monoisotopic (exact) mass is 184 g/mol. The van der Waals surface area contributed by atoms with Gasteiger partial charge in [-0.3, -0.25) is 4.79 Å². The van der Waals surface area contributed by atoms with E-state index < -0.39 is 5.97 Å². The highest BCUT2D eigenvalue weighted by atomic mass is 16.4. The van der Waals surface area contributed by atoms with Crippen LogP contribution in [-0.2, 0) is 4.79 Å². The average molecular weight is 184 g/mol. The van der Waals surface area contributed by atoms with Gasteiger partial charge in [-0.25, -0.2) is 0 Å². The zero-order valence-corrected chi connectivity index (χ0v) is 7.65. The van der Waals surface area contributed by atoms with Crippen LogP contribution in [0.1, 0.15) is 25.7 Å². The predicted molar refractivity (Wildman–Crippen MR) is 49.3 cm³/mol. The first kappa shape index (κ1) is 10.3. The van der Waals surface area contributed by atoms with E-state index in [4.69, 9.17) is 10.2 Å². The zero-order valence-electron chi connectivity index (χ0n) is 7.65. The molecule has 0 amide bonds. The first-order valence-corrected chi connectivity index (χ1v) is 4.74. The molecule has 0 aromatic rings. The van der Waals surface area contributed by atoms with Crippen LogP contribution in [0.2, 0.25) is 0 Å². The van der Waals surface area contributed by atoms with Gasteiger partial charge in [-0.15, -0.1) is 0 Å².